The van der Waals surface area contributed by atoms with Crippen LogP contribution in [0.3, 0.4) is 0 Å². The summed E-state index contributed by atoms with van der Waals surface area (Å²) in [7, 11) is 3.28. The topological polar surface area (TPSA) is 77.1 Å². The van der Waals surface area contributed by atoms with E-state index in [4.69, 9.17) is 14.2 Å². The van der Waals surface area contributed by atoms with Crippen LogP contribution in [0.2, 0.25) is 0 Å². The summed E-state index contributed by atoms with van der Waals surface area (Å²) in [6.45, 7) is 7.48. The number of rotatable bonds is 8. The van der Waals surface area contributed by atoms with Gasteiger partial charge in [0.15, 0.2) is 0 Å². The molecule has 0 atom stereocenters. The zero-order valence-corrected chi connectivity index (χ0v) is 22.6. The van der Waals surface area contributed by atoms with E-state index >= 15 is 0 Å². The number of esters is 1. The highest BCUT2D eigenvalue weighted by Crippen LogP contribution is 2.45. The molecule has 4 rings (SSSR count). The standard InChI is InChI=1S/C30H33FN2O5/c1-7-8-27(34)38-20-11-12-22(26(16-20)36-6)21-13-14-24-28(33(5)29(35)30(3,4)32-24)23(21)17-37-25-15-19(31)10-9-18(25)2/h9-16,32H,7-8,17H2,1-6H3. The lowest BCUT2D eigenvalue weighted by molar-refractivity contribution is -0.134. The highest BCUT2D eigenvalue weighted by molar-refractivity contribution is 6.08. The molecule has 0 aliphatic carbocycles. The zero-order chi connectivity index (χ0) is 27.6. The number of likely N-dealkylation sites (N-methyl/N-ethyl adjacent to an activating group) is 1. The number of amides is 1. The van der Waals surface area contributed by atoms with Crippen LogP contribution in [0.1, 0.15) is 44.7 Å². The van der Waals surface area contributed by atoms with Crippen LogP contribution in [0.15, 0.2) is 48.5 Å². The summed E-state index contributed by atoms with van der Waals surface area (Å²) in [4.78, 5) is 26.9. The molecule has 1 aliphatic rings. The molecule has 0 saturated heterocycles. The lowest BCUT2D eigenvalue weighted by atomic mass is 9.91. The highest BCUT2D eigenvalue weighted by Gasteiger charge is 2.38. The summed E-state index contributed by atoms with van der Waals surface area (Å²) < 4.78 is 31.2. The number of hydrogen-bond donors (Lipinski definition) is 1. The van der Waals surface area contributed by atoms with Crippen LogP contribution in [-0.4, -0.2) is 31.6 Å². The maximum Gasteiger partial charge on any atom is 0.311 e. The van der Waals surface area contributed by atoms with Crippen molar-refractivity contribution >= 4 is 23.3 Å². The lowest BCUT2D eigenvalue weighted by Crippen LogP contribution is -2.52. The van der Waals surface area contributed by atoms with Gasteiger partial charge >= 0.3 is 5.97 Å². The van der Waals surface area contributed by atoms with Gasteiger partial charge in [0.05, 0.1) is 18.5 Å². The minimum absolute atomic E-state index is 0.0684. The van der Waals surface area contributed by atoms with Crippen molar-refractivity contribution in [3.8, 4) is 28.4 Å². The largest absolute Gasteiger partial charge is 0.496 e. The summed E-state index contributed by atoms with van der Waals surface area (Å²) in [6, 6.07) is 13.4. The van der Waals surface area contributed by atoms with E-state index in [0.717, 1.165) is 27.9 Å². The van der Waals surface area contributed by atoms with Gasteiger partial charge in [0.2, 0.25) is 0 Å². The molecule has 1 aliphatic heterocycles. The molecule has 0 spiro atoms. The number of ether oxygens (including phenoxy) is 3. The smallest absolute Gasteiger partial charge is 0.311 e. The predicted octanol–water partition coefficient (Wildman–Crippen LogP) is 6.26. The van der Waals surface area contributed by atoms with E-state index in [0.29, 0.717) is 35.8 Å². The molecule has 0 bridgehead atoms. The highest BCUT2D eigenvalue weighted by atomic mass is 19.1. The fourth-order valence-corrected chi connectivity index (χ4v) is 4.65. The molecule has 1 amide bonds. The normalized spacial score (nSPS) is 14.0. The second-order valence-corrected chi connectivity index (χ2v) is 9.89. The molecular formula is C30H33FN2O5. The Morgan fingerprint density at radius 1 is 1.05 bits per heavy atom. The minimum Gasteiger partial charge on any atom is -0.496 e. The molecule has 1 N–H and O–H groups in total. The van der Waals surface area contributed by atoms with Gasteiger partial charge in [-0.05, 0) is 62.6 Å². The molecule has 0 saturated carbocycles. The Bertz CT molecular complexity index is 1390. The van der Waals surface area contributed by atoms with Crippen LogP contribution < -0.4 is 24.4 Å². The SMILES string of the molecule is CCCC(=O)Oc1ccc(-c2ccc3c(c2COc2cc(F)ccc2C)N(C)C(=O)C(C)(C)N3)c(OC)c1. The Kier molecular flexibility index (Phi) is 7.62. The molecule has 1 heterocycles. The molecular weight excluding hydrogens is 487 g/mol. The maximum atomic E-state index is 14.0. The van der Waals surface area contributed by atoms with Crippen molar-refractivity contribution in [1.82, 2.24) is 0 Å². The van der Waals surface area contributed by atoms with Crippen molar-refractivity contribution in [3.63, 3.8) is 0 Å². The molecule has 7 nitrogen and oxygen atoms in total. The van der Waals surface area contributed by atoms with E-state index in [1.807, 2.05) is 45.9 Å². The second-order valence-electron chi connectivity index (χ2n) is 9.89. The molecule has 0 unspecified atom stereocenters. The Morgan fingerprint density at radius 3 is 2.50 bits per heavy atom. The van der Waals surface area contributed by atoms with Crippen molar-refractivity contribution in [2.45, 2.75) is 52.7 Å². The number of carbonyl (C=O) groups is 2. The van der Waals surface area contributed by atoms with E-state index in [9.17, 15) is 14.0 Å². The van der Waals surface area contributed by atoms with Crippen LogP contribution in [0, 0.1) is 12.7 Å². The molecule has 8 heteroatoms. The molecule has 38 heavy (non-hydrogen) atoms. The summed E-state index contributed by atoms with van der Waals surface area (Å²) in [5, 5.41) is 3.33. The summed E-state index contributed by atoms with van der Waals surface area (Å²) >= 11 is 0. The number of nitrogens with zero attached hydrogens (tertiary/aromatic N) is 1. The van der Waals surface area contributed by atoms with Crippen molar-refractivity contribution in [1.29, 1.82) is 0 Å². The first-order valence-electron chi connectivity index (χ1n) is 12.6. The Labute approximate surface area is 222 Å². The fraction of sp³-hybridized carbons (Fsp3) is 0.333. The van der Waals surface area contributed by atoms with Gasteiger partial charge in [-0.1, -0.05) is 19.1 Å². The zero-order valence-electron chi connectivity index (χ0n) is 22.6. The number of hydrogen-bond acceptors (Lipinski definition) is 6. The molecule has 0 aromatic heterocycles. The first-order valence-corrected chi connectivity index (χ1v) is 12.6. The number of fused-ring (bicyclic) bond motifs is 1. The predicted molar refractivity (Wildman–Crippen MR) is 146 cm³/mol. The van der Waals surface area contributed by atoms with Gasteiger partial charge in [0, 0.05) is 36.7 Å². The van der Waals surface area contributed by atoms with Gasteiger partial charge in [-0.15, -0.1) is 0 Å². The van der Waals surface area contributed by atoms with Gasteiger partial charge < -0.3 is 24.4 Å². The Morgan fingerprint density at radius 2 is 1.79 bits per heavy atom. The average molecular weight is 521 g/mol. The number of halogens is 1. The van der Waals surface area contributed by atoms with Crippen LogP contribution in [-0.2, 0) is 16.2 Å². The molecule has 3 aromatic rings. The fourth-order valence-electron chi connectivity index (χ4n) is 4.65. The first-order chi connectivity index (χ1) is 18.1. The number of carbonyl (C=O) groups excluding carboxylic acids is 2. The monoisotopic (exact) mass is 520 g/mol. The second kappa shape index (κ2) is 10.7. The summed E-state index contributed by atoms with van der Waals surface area (Å²) in [5.74, 6) is 0.474. The number of aryl methyl sites for hydroxylation is 1. The van der Waals surface area contributed by atoms with Crippen LogP contribution in [0.25, 0.3) is 11.1 Å². The average Bonchev–Trinajstić information content (AvgIpc) is 2.87. The number of benzene rings is 3. The van der Waals surface area contributed by atoms with Crippen molar-refractivity contribution < 1.29 is 28.2 Å². The van der Waals surface area contributed by atoms with Crippen molar-refractivity contribution in [3.05, 3.63) is 65.5 Å². The molecule has 0 fully saturated rings. The van der Waals surface area contributed by atoms with Gasteiger partial charge in [-0.25, -0.2) is 4.39 Å². The van der Waals surface area contributed by atoms with Crippen LogP contribution >= 0.6 is 0 Å². The first kappa shape index (κ1) is 27.0. The van der Waals surface area contributed by atoms with E-state index in [1.165, 1.54) is 12.1 Å². The third kappa shape index (κ3) is 5.30. The van der Waals surface area contributed by atoms with Crippen molar-refractivity contribution in [2.24, 2.45) is 0 Å². The Hall–Kier alpha value is -4.07. The van der Waals surface area contributed by atoms with Crippen LogP contribution in [0.5, 0.6) is 17.2 Å². The van der Waals surface area contributed by atoms with Gasteiger partial charge in [0.1, 0.15) is 35.2 Å². The number of anilines is 2. The van der Waals surface area contributed by atoms with Gasteiger partial charge in [-0.2, -0.15) is 0 Å². The van der Waals surface area contributed by atoms with E-state index in [-0.39, 0.29) is 18.5 Å². The summed E-state index contributed by atoms with van der Waals surface area (Å²) in [5.41, 5.74) is 3.66. The number of methoxy groups -OCH3 is 1. The van der Waals surface area contributed by atoms with Gasteiger partial charge in [0.25, 0.3) is 5.91 Å². The maximum absolute atomic E-state index is 14.0. The number of nitrogens with one attached hydrogen (secondary N) is 1. The van der Waals surface area contributed by atoms with E-state index in [1.54, 1.807) is 37.3 Å². The third-order valence-corrected chi connectivity index (χ3v) is 6.58. The Balaban J connectivity index is 1.83. The van der Waals surface area contributed by atoms with E-state index in [2.05, 4.69) is 5.32 Å². The van der Waals surface area contributed by atoms with Crippen molar-refractivity contribution in [2.75, 3.05) is 24.4 Å². The molecule has 0 radical (unpaired) electrons. The quantitative estimate of drug-likeness (QED) is 0.279. The third-order valence-electron chi connectivity index (χ3n) is 6.58. The van der Waals surface area contributed by atoms with Crippen LogP contribution in [0.4, 0.5) is 15.8 Å². The summed E-state index contributed by atoms with van der Waals surface area (Å²) in [6.07, 6.45) is 1.01. The minimum atomic E-state index is -0.789. The van der Waals surface area contributed by atoms with E-state index < -0.39 is 11.4 Å². The van der Waals surface area contributed by atoms with Gasteiger partial charge in [-0.3, -0.25) is 9.59 Å². The molecule has 200 valence electrons. The lowest BCUT2D eigenvalue weighted by Gasteiger charge is -2.39. The molecule has 3 aromatic carbocycles.